The quantitative estimate of drug-likeness (QED) is 0.531. The number of hydrogen-bond donors (Lipinski definition) is 1. The van der Waals surface area contributed by atoms with Gasteiger partial charge in [-0.1, -0.05) is 6.07 Å². The van der Waals surface area contributed by atoms with E-state index < -0.39 is 14.9 Å². The molecule has 0 bridgehead atoms. The SMILES string of the molecule is COc1nccnc1OC1CCC(NS(=O)(=O)c2cc([N+](=O)[O-])ccc2C)CC1. The number of aromatic nitrogens is 2. The number of nitro groups is 1. The van der Waals surface area contributed by atoms with Crippen LogP contribution in [0.2, 0.25) is 0 Å². The summed E-state index contributed by atoms with van der Waals surface area (Å²) in [5, 5.41) is 11.0. The monoisotopic (exact) mass is 422 g/mol. The van der Waals surface area contributed by atoms with Crippen LogP contribution in [0.4, 0.5) is 5.69 Å². The average Bonchev–Trinajstić information content (AvgIpc) is 2.69. The molecule has 2 aromatic rings. The molecule has 1 aromatic carbocycles. The molecule has 11 heteroatoms. The fourth-order valence-corrected chi connectivity index (χ4v) is 4.83. The smallest absolute Gasteiger partial charge is 0.278 e. The number of benzene rings is 1. The van der Waals surface area contributed by atoms with Gasteiger partial charge in [-0.05, 0) is 38.2 Å². The fourth-order valence-electron chi connectivity index (χ4n) is 3.26. The third kappa shape index (κ3) is 4.98. The maximum atomic E-state index is 12.8. The molecule has 0 amide bonds. The first-order chi connectivity index (χ1) is 13.8. The number of sulfonamides is 1. The van der Waals surface area contributed by atoms with Crippen molar-refractivity contribution in [2.24, 2.45) is 0 Å². The van der Waals surface area contributed by atoms with Crippen molar-refractivity contribution >= 4 is 15.7 Å². The number of methoxy groups -OCH3 is 1. The lowest BCUT2D eigenvalue weighted by molar-refractivity contribution is -0.385. The van der Waals surface area contributed by atoms with Gasteiger partial charge in [-0.2, -0.15) is 0 Å². The second kappa shape index (κ2) is 8.70. The van der Waals surface area contributed by atoms with Crippen molar-refractivity contribution in [1.29, 1.82) is 0 Å². The summed E-state index contributed by atoms with van der Waals surface area (Å²) < 4.78 is 39.1. The summed E-state index contributed by atoms with van der Waals surface area (Å²) in [7, 11) is -2.39. The first-order valence-electron chi connectivity index (χ1n) is 9.09. The minimum Gasteiger partial charge on any atom is -0.477 e. The molecule has 3 rings (SSSR count). The van der Waals surface area contributed by atoms with Gasteiger partial charge in [-0.3, -0.25) is 10.1 Å². The standard InChI is InChI=1S/C18H22N4O6S/c1-12-3-6-14(22(23)24)11-16(12)29(25,26)21-13-4-7-15(8-5-13)28-18-17(27-2)19-9-10-20-18/h3,6,9-11,13,15,21H,4-5,7-8H2,1-2H3. The highest BCUT2D eigenvalue weighted by Gasteiger charge is 2.29. The second-order valence-corrected chi connectivity index (χ2v) is 8.47. The van der Waals surface area contributed by atoms with E-state index in [0.717, 1.165) is 6.07 Å². The van der Waals surface area contributed by atoms with Crippen molar-refractivity contribution < 1.29 is 22.8 Å². The van der Waals surface area contributed by atoms with Crippen LogP contribution in [0.5, 0.6) is 11.8 Å². The maximum Gasteiger partial charge on any atom is 0.278 e. The Bertz CT molecular complexity index is 990. The number of nitrogens with one attached hydrogen (secondary N) is 1. The summed E-state index contributed by atoms with van der Waals surface area (Å²) in [6.45, 7) is 1.61. The molecule has 1 N–H and O–H groups in total. The summed E-state index contributed by atoms with van der Waals surface area (Å²) in [5.41, 5.74) is 0.195. The Kier molecular flexibility index (Phi) is 6.28. The van der Waals surface area contributed by atoms with E-state index >= 15 is 0 Å². The Balaban J connectivity index is 1.63. The van der Waals surface area contributed by atoms with E-state index in [-0.39, 0.29) is 22.7 Å². The Hall–Kier alpha value is -2.79. The molecule has 0 spiro atoms. The lowest BCUT2D eigenvalue weighted by Crippen LogP contribution is -2.40. The molecule has 1 aliphatic rings. The number of hydrogen-bond acceptors (Lipinski definition) is 8. The fraction of sp³-hybridized carbons (Fsp3) is 0.444. The number of aryl methyl sites for hydroxylation is 1. The highest BCUT2D eigenvalue weighted by atomic mass is 32.2. The summed E-state index contributed by atoms with van der Waals surface area (Å²) in [6.07, 6.45) is 5.29. The van der Waals surface area contributed by atoms with E-state index in [2.05, 4.69) is 14.7 Å². The summed E-state index contributed by atoms with van der Waals surface area (Å²) >= 11 is 0. The third-order valence-electron chi connectivity index (χ3n) is 4.77. The van der Waals surface area contributed by atoms with Crippen molar-refractivity contribution in [2.75, 3.05) is 7.11 Å². The molecular formula is C18H22N4O6S. The van der Waals surface area contributed by atoms with E-state index in [1.807, 2.05) is 0 Å². The lowest BCUT2D eigenvalue weighted by atomic mass is 9.94. The van der Waals surface area contributed by atoms with Crippen molar-refractivity contribution in [2.45, 2.75) is 49.6 Å². The highest BCUT2D eigenvalue weighted by molar-refractivity contribution is 7.89. The van der Waals surface area contributed by atoms with Crippen molar-refractivity contribution in [3.05, 3.63) is 46.3 Å². The zero-order chi connectivity index (χ0) is 21.0. The normalized spacial score (nSPS) is 19.5. The van der Waals surface area contributed by atoms with E-state index in [4.69, 9.17) is 9.47 Å². The van der Waals surface area contributed by atoms with E-state index in [9.17, 15) is 18.5 Å². The van der Waals surface area contributed by atoms with Crippen molar-refractivity contribution in [1.82, 2.24) is 14.7 Å². The highest BCUT2D eigenvalue weighted by Crippen LogP contribution is 2.28. The van der Waals surface area contributed by atoms with Crippen LogP contribution in [-0.4, -0.2) is 42.6 Å². The van der Waals surface area contributed by atoms with E-state index in [1.165, 1.54) is 31.6 Å². The predicted molar refractivity (Wildman–Crippen MR) is 103 cm³/mol. The van der Waals surface area contributed by atoms with Crippen molar-refractivity contribution in [3.63, 3.8) is 0 Å². The second-order valence-electron chi connectivity index (χ2n) is 6.79. The minimum absolute atomic E-state index is 0.0747. The molecule has 0 saturated heterocycles. The predicted octanol–water partition coefficient (Wildman–Crippen LogP) is 2.37. The first kappa shape index (κ1) is 20.9. The average molecular weight is 422 g/mol. The Labute approximate surface area is 168 Å². The number of nitro benzene ring substituents is 1. The Morgan fingerprint density at radius 3 is 2.41 bits per heavy atom. The third-order valence-corrected chi connectivity index (χ3v) is 6.44. The molecule has 1 fully saturated rings. The van der Waals surface area contributed by atoms with Gasteiger partial charge in [0.05, 0.1) is 16.9 Å². The number of rotatable bonds is 7. The summed E-state index contributed by atoms with van der Waals surface area (Å²) in [5.74, 6) is 0.614. The van der Waals surface area contributed by atoms with Crippen LogP contribution < -0.4 is 14.2 Å². The van der Waals surface area contributed by atoms with Crippen LogP contribution in [0.1, 0.15) is 31.2 Å². The van der Waals surface area contributed by atoms with Gasteiger partial charge in [0.25, 0.3) is 17.4 Å². The summed E-state index contributed by atoms with van der Waals surface area (Å²) in [6, 6.07) is 3.54. The van der Waals surface area contributed by atoms with Gasteiger partial charge in [0, 0.05) is 30.6 Å². The number of nitrogens with zero attached hydrogens (tertiary/aromatic N) is 3. The van der Waals surface area contributed by atoms with Crippen molar-refractivity contribution in [3.8, 4) is 11.8 Å². The molecule has 1 aromatic heterocycles. The van der Waals surface area contributed by atoms with Gasteiger partial charge in [-0.25, -0.2) is 23.1 Å². The zero-order valence-corrected chi connectivity index (χ0v) is 16.9. The van der Waals surface area contributed by atoms with E-state index in [1.54, 1.807) is 6.92 Å². The van der Waals surface area contributed by atoms with Crippen LogP contribution in [0, 0.1) is 17.0 Å². The molecule has 0 atom stereocenters. The molecule has 156 valence electrons. The van der Waals surface area contributed by atoms with Gasteiger partial charge in [0.2, 0.25) is 10.0 Å². The number of non-ortho nitro benzene ring substituents is 1. The molecule has 0 unspecified atom stereocenters. The maximum absolute atomic E-state index is 12.8. The van der Waals surface area contributed by atoms with Crippen LogP contribution in [0.3, 0.4) is 0 Å². The summed E-state index contributed by atoms with van der Waals surface area (Å²) in [4.78, 5) is 18.4. The van der Waals surface area contributed by atoms with Crippen LogP contribution in [-0.2, 0) is 10.0 Å². The van der Waals surface area contributed by atoms with Gasteiger partial charge in [0.1, 0.15) is 6.10 Å². The molecule has 0 radical (unpaired) electrons. The molecule has 10 nitrogen and oxygen atoms in total. The lowest BCUT2D eigenvalue weighted by Gasteiger charge is -2.29. The zero-order valence-electron chi connectivity index (χ0n) is 16.1. The largest absolute Gasteiger partial charge is 0.477 e. The first-order valence-corrected chi connectivity index (χ1v) is 10.6. The van der Waals surface area contributed by atoms with Gasteiger partial charge < -0.3 is 9.47 Å². The van der Waals surface area contributed by atoms with Gasteiger partial charge in [0.15, 0.2) is 0 Å². The van der Waals surface area contributed by atoms with Gasteiger partial charge >= 0.3 is 0 Å². The molecule has 1 heterocycles. The van der Waals surface area contributed by atoms with Gasteiger partial charge in [-0.15, -0.1) is 0 Å². The minimum atomic E-state index is -3.87. The molecule has 29 heavy (non-hydrogen) atoms. The van der Waals surface area contributed by atoms with Crippen LogP contribution >= 0.6 is 0 Å². The molecule has 1 saturated carbocycles. The number of ether oxygens (including phenoxy) is 2. The molecule has 1 aliphatic carbocycles. The molecule has 0 aliphatic heterocycles. The Morgan fingerprint density at radius 2 is 1.79 bits per heavy atom. The van der Waals surface area contributed by atoms with E-state index in [0.29, 0.717) is 43.0 Å². The molecular weight excluding hydrogens is 400 g/mol. The van der Waals surface area contributed by atoms with Crippen LogP contribution in [0.15, 0.2) is 35.5 Å². The topological polar surface area (TPSA) is 134 Å². The Morgan fingerprint density at radius 1 is 1.14 bits per heavy atom. The van der Waals surface area contributed by atoms with Crippen LogP contribution in [0.25, 0.3) is 0 Å².